The third kappa shape index (κ3) is 2.11. The molecule has 1 heterocycles. The van der Waals surface area contributed by atoms with Gasteiger partial charge in [-0.15, -0.1) is 0 Å². The van der Waals surface area contributed by atoms with Crippen molar-refractivity contribution >= 4 is 0 Å². The summed E-state index contributed by atoms with van der Waals surface area (Å²) >= 11 is 0. The zero-order valence-corrected chi connectivity index (χ0v) is 9.71. The highest BCUT2D eigenvalue weighted by molar-refractivity contribution is 5.66. The van der Waals surface area contributed by atoms with Gasteiger partial charge in [0.1, 0.15) is 11.5 Å². The van der Waals surface area contributed by atoms with Crippen molar-refractivity contribution in [1.82, 2.24) is 9.97 Å². The van der Waals surface area contributed by atoms with Crippen molar-refractivity contribution < 1.29 is 4.74 Å². The third-order valence-corrected chi connectivity index (χ3v) is 2.65. The van der Waals surface area contributed by atoms with Crippen LogP contribution < -0.4 is 4.74 Å². The Labute approximate surface area is 105 Å². The number of nitrogens with zero attached hydrogens (tertiary/aromatic N) is 1. The van der Waals surface area contributed by atoms with E-state index in [2.05, 4.69) is 9.97 Å². The average molecular weight is 236 g/mol. The van der Waals surface area contributed by atoms with Crippen molar-refractivity contribution in [3.8, 4) is 22.8 Å². The number of nitrogens with one attached hydrogen (secondary N) is 1. The molecule has 2 aromatic carbocycles. The monoisotopic (exact) mass is 236 g/mol. The first-order valence-electron chi connectivity index (χ1n) is 5.74. The van der Waals surface area contributed by atoms with Gasteiger partial charge < -0.3 is 9.72 Å². The Hall–Kier alpha value is -2.55. The number of rotatable bonds is 3. The summed E-state index contributed by atoms with van der Waals surface area (Å²) < 4.78 is 5.89. The lowest BCUT2D eigenvalue weighted by atomic mass is 10.1. The molecule has 3 heteroatoms. The van der Waals surface area contributed by atoms with Crippen LogP contribution in [0.3, 0.4) is 0 Å². The molecule has 0 aliphatic heterocycles. The molecule has 0 radical (unpaired) electrons. The van der Waals surface area contributed by atoms with Gasteiger partial charge in [-0.05, 0) is 24.3 Å². The van der Waals surface area contributed by atoms with Gasteiger partial charge in [0.15, 0.2) is 0 Å². The Kier molecular flexibility index (Phi) is 2.80. The van der Waals surface area contributed by atoms with E-state index in [1.807, 2.05) is 54.6 Å². The minimum atomic E-state index is 0.813. The minimum Gasteiger partial charge on any atom is -0.457 e. The van der Waals surface area contributed by atoms with Gasteiger partial charge in [-0.1, -0.05) is 30.3 Å². The van der Waals surface area contributed by atoms with Gasteiger partial charge in [-0.3, -0.25) is 0 Å². The Balaban J connectivity index is 1.98. The number of hydrogen-bond acceptors (Lipinski definition) is 2. The number of H-pyrrole nitrogens is 1. The summed E-state index contributed by atoms with van der Waals surface area (Å²) in [6, 6.07) is 17.6. The number of aromatic nitrogens is 2. The van der Waals surface area contributed by atoms with Gasteiger partial charge >= 0.3 is 0 Å². The second-order valence-electron chi connectivity index (χ2n) is 3.88. The summed E-state index contributed by atoms with van der Waals surface area (Å²) in [6.45, 7) is 0. The Morgan fingerprint density at radius 1 is 0.889 bits per heavy atom. The number of ether oxygens (including phenoxy) is 1. The molecule has 0 aliphatic rings. The molecule has 0 amide bonds. The normalized spacial score (nSPS) is 10.2. The van der Waals surface area contributed by atoms with Crippen molar-refractivity contribution in [1.29, 1.82) is 0 Å². The molecule has 18 heavy (non-hydrogen) atoms. The number of para-hydroxylation sites is 2. The fraction of sp³-hybridized carbons (Fsp3) is 0. The number of benzene rings is 2. The van der Waals surface area contributed by atoms with Crippen LogP contribution in [0.1, 0.15) is 0 Å². The maximum atomic E-state index is 5.89. The number of aromatic amines is 1. The lowest BCUT2D eigenvalue weighted by Gasteiger charge is -2.09. The van der Waals surface area contributed by atoms with Gasteiger partial charge in [-0.25, -0.2) is 4.98 Å². The van der Waals surface area contributed by atoms with Crippen molar-refractivity contribution in [2.75, 3.05) is 0 Å². The van der Waals surface area contributed by atoms with Gasteiger partial charge in [0, 0.05) is 5.56 Å². The predicted octanol–water partition coefficient (Wildman–Crippen LogP) is 3.87. The van der Waals surface area contributed by atoms with E-state index in [9.17, 15) is 0 Å². The van der Waals surface area contributed by atoms with E-state index < -0.39 is 0 Å². The second kappa shape index (κ2) is 4.75. The zero-order chi connectivity index (χ0) is 12.2. The maximum absolute atomic E-state index is 5.89. The van der Waals surface area contributed by atoms with Crippen molar-refractivity contribution in [2.45, 2.75) is 0 Å². The first-order chi connectivity index (χ1) is 8.93. The summed E-state index contributed by atoms with van der Waals surface area (Å²) in [7, 11) is 0. The third-order valence-electron chi connectivity index (χ3n) is 2.65. The molecule has 3 rings (SSSR count). The summed E-state index contributed by atoms with van der Waals surface area (Å²) in [5, 5.41) is 0. The van der Waals surface area contributed by atoms with E-state index in [-0.39, 0.29) is 0 Å². The standard InChI is InChI=1S/C15H12N2O/c1-2-6-12(7-3-1)18-15-9-5-4-8-13(15)14-10-16-11-17-14/h1-11H,(H,16,17). The van der Waals surface area contributed by atoms with E-state index in [1.54, 1.807) is 12.5 Å². The highest BCUT2D eigenvalue weighted by Gasteiger charge is 2.07. The predicted molar refractivity (Wildman–Crippen MR) is 70.5 cm³/mol. The molecule has 1 aromatic heterocycles. The average Bonchev–Trinajstić information content (AvgIpc) is 2.94. The van der Waals surface area contributed by atoms with Crippen LogP contribution in [0.2, 0.25) is 0 Å². The molecule has 0 fully saturated rings. The molecule has 0 aliphatic carbocycles. The molecule has 3 aromatic rings. The molecule has 1 N–H and O–H groups in total. The molecule has 0 saturated heterocycles. The summed E-state index contributed by atoms with van der Waals surface area (Å²) in [4.78, 5) is 7.12. The molecule has 0 atom stereocenters. The first kappa shape index (κ1) is 10.6. The van der Waals surface area contributed by atoms with E-state index >= 15 is 0 Å². The molecule has 3 nitrogen and oxygen atoms in total. The summed E-state index contributed by atoms with van der Waals surface area (Å²) in [5.74, 6) is 1.64. The lowest BCUT2D eigenvalue weighted by molar-refractivity contribution is 0.484. The Bertz CT molecular complexity index is 618. The van der Waals surface area contributed by atoms with Gasteiger partial charge in [0.25, 0.3) is 0 Å². The van der Waals surface area contributed by atoms with E-state index in [0.717, 1.165) is 22.8 Å². The quantitative estimate of drug-likeness (QED) is 0.749. The van der Waals surface area contributed by atoms with Crippen LogP contribution in [0.25, 0.3) is 11.3 Å². The largest absolute Gasteiger partial charge is 0.457 e. The molecular weight excluding hydrogens is 224 g/mol. The zero-order valence-electron chi connectivity index (χ0n) is 9.71. The summed E-state index contributed by atoms with van der Waals surface area (Å²) in [6.07, 6.45) is 3.45. The van der Waals surface area contributed by atoms with Gasteiger partial charge in [0.2, 0.25) is 0 Å². The molecule has 88 valence electrons. The van der Waals surface area contributed by atoms with Gasteiger partial charge in [0.05, 0.1) is 18.2 Å². The van der Waals surface area contributed by atoms with Crippen molar-refractivity contribution in [3.63, 3.8) is 0 Å². The first-order valence-corrected chi connectivity index (χ1v) is 5.74. The fourth-order valence-corrected chi connectivity index (χ4v) is 1.80. The molecular formula is C15H12N2O. The van der Waals surface area contributed by atoms with Crippen molar-refractivity contribution in [3.05, 3.63) is 67.1 Å². The number of hydrogen-bond donors (Lipinski definition) is 1. The smallest absolute Gasteiger partial charge is 0.136 e. The van der Waals surface area contributed by atoms with Crippen LogP contribution in [-0.4, -0.2) is 9.97 Å². The molecule has 0 unspecified atom stereocenters. The highest BCUT2D eigenvalue weighted by atomic mass is 16.5. The Morgan fingerprint density at radius 3 is 2.44 bits per heavy atom. The highest BCUT2D eigenvalue weighted by Crippen LogP contribution is 2.31. The number of imidazole rings is 1. The maximum Gasteiger partial charge on any atom is 0.136 e. The molecule has 0 bridgehead atoms. The van der Waals surface area contributed by atoms with Crippen LogP contribution in [0.5, 0.6) is 11.5 Å². The van der Waals surface area contributed by atoms with Crippen LogP contribution in [0, 0.1) is 0 Å². The Morgan fingerprint density at radius 2 is 1.67 bits per heavy atom. The van der Waals surface area contributed by atoms with E-state index in [1.165, 1.54) is 0 Å². The SMILES string of the molecule is c1ccc(Oc2ccccc2-c2cnc[nH]2)cc1. The van der Waals surface area contributed by atoms with Crippen LogP contribution in [0.4, 0.5) is 0 Å². The molecule has 0 saturated carbocycles. The van der Waals surface area contributed by atoms with Crippen LogP contribution in [-0.2, 0) is 0 Å². The fourth-order valence-electron chi connectivity index (χ4n) is 1.80. The van der Waals surface area contributed by atoms with Crippen molar-refractivity contribution in [2.24, 2.45) is 0 Å². The second-order valence-corrected chi connectivity index (χ2v) is 3.88. The van der Waals surface area contributed by atoms with E-state index in [4.69, 9.17) is 4.74 Å². The van der Waals surface area contributed by atoms with Gasteiger partial charge in [-0.2, -0.15) is 0 Å². The van der Waals surface area contributed by atoms with Crippen LogP contribution >= 0.6 is 0 Å². The summed E-state index contributed by atoms with van der Waals surface area (Å²) in [5.41, 5.74) is 1.94. The van der Waals surface area contributed by atoms with E-state index in [0.29, 0.717) is 0 Å². The molecule has 0 spiro atoms. The minimum absolute atomic E-state index is 0.813. The van der Waals surface area contributed by atoms with Crippen LogP contribution in [0.15, 0.2) is 67.1 Å². The topological polar surface area (TPSA) is 37.9 Å². The lowest BCUT2D eigenvalue weighted by Crippen LogP contribution is -1.87.